The maximum atomic E-state index is 12.5. The van der Waals surface area contributed by atoms with Gasteiger partial charge in [-0.3, -0.25) is 4.79 Å². The molecule has 2 aliphatic heterocycles. The van der Waals surface area contributed by atoms with Gasteiger partial charge in [0.1, 0.15) is 11.8 Å². The van der Waals surface area contributed by atoms with E-state index in [2.05, 4.69) is 0 Å². The molecule has 1 saturated heterocycles. The Bertz CT molecular complexity index is 297. The van der Waals surface area contributed by atoms with Gasteiger partial charge in [0.05, 0.1) is 12.2 Å². The molecule has 6 heteroatoms. The predicted molar refractivity (Wildman–Crippen MR) is 38.5 cm³/mol. The second-order valence-corrected chi connectivity index (χ2v) is 3.38. The molecule has 0 spiro atoms. The highest BCUT2D eigenvalue weighted by atomic mass is 19.4. The van der Waals surface area contributed by atoms with Crippen LogP contribution in [0.5, 0.6) is 0 Å². The van der Waals surface area contributed by atoms with E-state index in [1.54, 1.807) is 0 Å². The van der Waals surface area contributed by atoms with E-state index >= 15 is 0 Å². The van der Waals surface area contributed by atoms with Gasteiger partial charge in [0.2, 0.25) is 0 Å². The molecule has 0 saturated carbocycles. The van der Waals surface area contributed by atoms with Crippen LogP contribution >= 0.6 is 0 Å². The summed E-state index contributed by atoms with van der Waals surface area (Å²) < 4.78 is 42.2. The number of halogens is 3. The number of hydrogen-bond donors (Lipinski definition) is 1. The van der Waals surface area contributed by atoms with Crippen LogP contribution in [0.15, 0.2) is 12.2 Å². The molecular formula is C8H7F3O3. The summed E-state index contributed by atoms with van der Waals surface area (Å²) in [6.07, 6.45) is -3.91. The Morgan fingerprint density at radius 1 is 1.29 bits per heavy atom. The van der Waals surface area contributed by atoms with Crippen molar-refractivity contribution in [2.24, 2.45) is 11.8 Å². The van der Waals surface area contributed by atoms with Crippen LogP contribution in [0.2, 0.25) is 0 Å². The Labute approximate surface area is 77.2 Å². The van der Waals surface area contributed by atoms with Crippen molar-refractivity contribution in [3.8, 4) is 0 Å². The van der Waals surface area contributed by atoms with Crippen molar-refractivity contribution in [2.75, 3.05) is 0 Å². The fourth-order valence-electron chi connectivity index (χ4n) is 1.99. The van der Waals surface area contributed by atoms with Crippen molar-refractivity contribution in [1.29, 1.82) is 0 Å². The normalized spacial score (nSPS) is 40.5. The lowest BCUT2D eigenvalue weighted by atomic mass is 9.82. The van der Waals surface area contributed by atoms with E-state index in [1.807, 2.05) is 0 Å². The van der Waals surface area contributed by atoms with E-state index in [4.69, 9.17) is 9.84 Å². The van der Waals surface area contributed by atoms with Crippen LogP contribution in [-0.4, -0.2) is 29.5 Å². The Balaban J connectivity index is 2.31. The van der Waals surface area contributed by atoms with Gasteiger partial charge in [-0.15, -0.1) is 0 Å². The molecule has 0 aromatic carbocycles. The van der Waals surface area contributed by atoms with E-state index in [-0.39, 0.29) is 0 Å². The molecule has 0 aromatic rings. The quantitative estimate of drug-likeness (QED) is 0.658. The van der Waals surface area contributed by atoms with Crippen LogP contribution in [0.25, 0.3) is 0 Å². The van der Waals surface area contributed by atoms with Crippen LogP contribution in [-0.2, 0) is 9.53 Å². The van der Waals surface area contributed by atoms with Crippen molar-refractivity contribution >= 4 is 5.97 Å². The molecule has 0 radical (unpaired) electrons. The van der Waals surface area contributed by atoms with Crippen LogP contribution in [0.4, 0.5) is 13.2 Å². The molecule has 0 unspecified atom stereocenters. The second-order valence-electron chi connectivity index (χ2n) is 3.38. The van der Waals surface area contributed by atoms with Gasteiger partial charge in [-0.2, -0.15) is 13.2 Å². The van der Waals surface area contributed by atoms with Gasteiger partial charge in [-0.1, -0.05) is 12.2 Å². The Kier molecular flexibility index (Phi) is 1.85. The standard InChI is InChI=1S/C8H7F3O3/c9-8(10,11)6-4-2-1-3(14-4)5(6)7(12)13/h1-6H,(H,12,13)/t3-,4+,5+,6+/m0/s1. The average molecular weight is 208 g/mol. The van der Waals surface area contributed by atoms with Gasteiger partial charge >= 0.3 is 12.1 Å². The molecule has 1 fully saturated rings. The highest BCUT2D eigenvalue weighted by molar-refractivity contribution is 5.73. The summed E-state index contributed by atoms with van der Waals surface area (Å²) >= 11 is 0. The lowest BCUT2D eigenvalue weighted by Gasteiger charge is -2.23. The topological polar surface area (TPSA) is 46.5 Å². The predicted octanol–water partition coefficient (Wildman–Crippen LogP) is 1.20. The van der Waals surface area contributed by atoms with Gasteiger partial charge in [-0.05, 0) is 0 Å². The third-order valence-corrected chi connectivity index (χ3v) is 2.56. The summed E-state index contributed by atoms with van der Waals surface area (Å²) in [6.45, 7) is 0. The van der Waals surface area contributed by atoms with Crippen LogP contribution in [0, 0.1) is 11.8 Å². The minimum Gasteiger partial charge on any atom is -0.481 e. The molecule has 0 aliphatic carbocycles. The molecular weight excluding hydrogens is 201 g/mol. The summed E-state index contributed by atoms with van der Waals surface area (Å²) in [5.41, 5.74) is 0. The molecule has 0 aromatic heterocycles. The molecule has 1 N–H and O–H groups in total. The largest absolute Gasteiger partial charge is 0.481 e. The zero-order valence-corrected chi connectivity index (χ0v) is 6.86. The number of fused-ring (bicyclic) bond motifs is 2. The molecule has 2 bridgehead atoms. The maximum Gasteiger partial charge on any atom is 0.395 e. The number of rotatable bonds is 1. The number of hydrogen-bond acceptors (Lipinski definition) is 2. The number of alkyl halides is 3. The summed E-state index contributed by atoms with van der Waals surface area (Å²) in [6, 6.07) is 0. The first-order valence-electron chi connectivity index (χ1n) is 4.04. The highest BCUT2D eigenvalue weighted by Gasteiger charge is 2.60. The van der Waals surface area contributed by atoms with E-state index in [0.717, 1.165) is 0 Å². The van der Waals surface area contributed by atoms with Crippen molar-refractivity contribution < 1.29 is 27.8 Å². The van der Waals surface area contributed by atoms with Gasteiger partial charge < -0.3 is 9.84 Å². The minimum atomic E-state index is -4.52. The van der Waals surface area contributed by atoms with E-state index in [9.17, 15) is 18.0 Å². The lowest BCUT2D eigenvalue weighted by Crippen LogP contribution is -2.40. The second kappa shape index (κ2) is 2.73. The lowest BCUT2D eigenvalue weighted by molar-refractivity contribution is -0.196. The molecule has 14 heavy (non-hydrogen) atoms. The first kappa shape index (κ1) is 9.51. The first-order valence-corrected chi connectivity index (χ1v) is 4.04. The van der Waals surface area contributed by atoms with Gasteiger partial charge in [0.15, 0.2) is 0 Å². The Hall–Kier alpha value is -1.04. The van der Waals surface area contributed by atoms with Crippen molar-refractivity contribution in [1.82, 2.24) is 0 Å². The summed E-state index contributed by atoms with van der Waals surface area (Å²) in [5, 5.41) is 8.66. The maximum absolute atomic E-state index is 12.5. The van der Waals surface area contributed by atoms with E-state index in [0.29, 0.717) is 0 Å². The van der Waals surface area contributed by atoms with Crippen LogP contribution in [0.1, 0.15) is 0 Å². The Morgan fingerprint density at radius 3 is 2.29 bits per heavy atom. The average Bonchev–Trinajstić information content (AvgIpc) is 2.58. The highest BCUT2D eigenvalue weighted by Crippen LogP contribution is 2.47. The Morgan fingerprint density at radius 2 is 1.86 bits per heavy atom. The number of ether oxygens (including phenoxy) is 1. The van der Waals surface area contributed by atoms with Crippen LogP contribution < -0.4 is 0 Å². The molecule has 2 heterocycles. The van der Waals surface area contributed by atoms with E-state index < -0.39 is 36.2 Å². The minimum absolute atomic E-state index is 0.927. The van der Waals surface area contributed by atoms with Gasteiger partial charge in [-0.25, -0.2) is 0 Å². The summed E-state index contributed by atoms with van der Waals surface area (Å²) in [4.78, 5) is 10.6. The zero-order chi connectivity index (χ0) is 10.5. The summed E-state index contributed by atoms with van der Waals surface area (Å²) in [5.74, 6) is -4.86. The SMILES string of the molecule is O=C(O)[C@H]1[C@H](C(F)(F)F)[C@H]2C=C[C@@H]1O2. The third-order valence-electron chi connectivity index (χ3n) is 2.56. The molecule has 3 nitrogen and oxygen atoms in total. The zero-order valence-electron chi connectivity index (χ0n) is 6.86. The molecule has 2 rings (SSSR count). The molecule has 0 amide bonds. The number of carboxylic acid groups (broad SMARTS) is 1. The molecule has 2 aliphatic rings. The fraction of sp³-hybridized carbons (Fsp3) is 0.625. The number of aliphatic carboxylic acids is 1. The van der Waals surface area contributed by atoms with Gasteiger partial charge in [0, 0.05) is 0 Å². The molecule has 78 valence electrons. The smallest absolute Gasteiger partial charge is 0.395 e. The number of carbonyl (C=O) groups is 1. The van der Waals surface area contributed by atoms with Crippen LogP contribution in [0.3, 0.4) is 0 Å². The fourth-order valence-corrected chi connectivity index (χ4v) is 1.99. The molecule has 4 atom stereocenters. The summed E-state index contributed by atoms with van der Waals surface area (Å²) in [7, 11) is 0. The number of carboxylic acids is 1. The van der Waals surface area contributed by atoms with Crippen molar-refractivity contribution in [3.05, 3.63) is 12.2 Å². The first-order chi connectivity index (χ1) is 6.41. The van der Waals surface area contributed by atoms with Crippen molar-refractivity contribution in [2.45, 2.75) is 18.4 Å². The third kappa shape index (κ3) is 1.21. The van der Waals surface area contributed by atoms with E-state index in [1.165, 1.54) is 12.2 Å². The monoisotopic (exact) mass is 208 g/mol. The van der Waals surface area contributed by atoms with Crippen molar-refractivity contribution in [3.63, 3.8) is 0 Å². The van der Waals surface area contributed by atoms with Gasteiger partial charge in [0.25, 0.3) is 0 Å².